The van der Waals surface area contributed by atoms with Crippen LogP contribution in [0.2, 0.25) is 0 Å². The van der Waals surface area contributed by atoms with E-state index in [0.717, 1.165) is 5.56 Å². The van der Waals surface area contributed by atoms with E-state index < -0.39 is 9.84 Å². The van der Waals surface area contributed by atoms with Gasteiger partial charge in [0.05, 0.1) is 16.4 Å². The molecular formula is C20H24N2O4S3. The number of thiocarbonyl (C=S) groups is 1. The van der Waals surface area contributed by atoms with E-state index in [9.17, 15) is 18.0 Å². The molecule has 2 aliphatic rings. The van der Waals surface area contributed by atoms with Crippen molar-refractivity contribution < 1.29 is 18.0 Å². The van der Waals surface area contributed by atoms with E-state index in [1.807, 2.05) is 43.3 Å². The van der Waals surface area contributed by atoms with E-state index in [4.69, 9.17) is 12.2 Å². The maximum atomic E-state index is 12.7. The second kappa shape index (κ2) is 9.40. The van der Waals surface area contributed by atoms with Crippen molar-refractivity contribution in [2.75, 3.05) is 24.6 Å². The van der Waals surface area contributed by atoms with Gasteiger partial charge in [-0.1, -0.05) is 54.3 Å². The van der Waals surface area contributed by atoms with Crippen LogP contribution in [-0.2, 0) is 19.4 Å². The fourth-order valence-corrected chi connectivity index (χ4v) is 6.62. The molecule has 29 heavy (non-hydrogen) atoms. The van der Waals surface area contributed by atoms with Crippen LogP contribution >= 0.6 is 24.0 Å². The van der Waals surface area contributed by atoms with Gasteiger partial charge < -0.3 is 4.90 Å². The summed E-state index contributed by atoms with van der Waals surface area (Å²) in [6, 6.07) is 9.35. The first-order valence-corrected chi connectivity index (χ1v) is 12.7. The Kier molecular flexibility index (Phi) is 7.13. The molecule has 2 amide bonds. The van der Waals surface area contributed by atoms with Gasteiger partial charge >= 0.3 is 0 Å². The number of hydrogen-bond donors (Lipinski definition) is 0. The molecule has 1 atom stereocenters. The predicted molar refractivity (Wildman–Crippen MR) is 120 cm³/mol. The lowest BCUT2D eigenvalue weighted by Gasteiger charge is -2.27. The molecule has 0 bridgehead atoms. The average molecular weight is 453 g/mol. The van der Waals surface area contributed by atoms with E-state index in [1.165, 1.54) is 11.8 Å². The highest BCUT2D eigenvalue weighted by Crippen LogP contribution is 2.32. The molecule has 1 aromatic carbocycles. The van der Waals surface area contributed by atoms with Gasteiger partial charge in [0.2, 0.25) is 5.91 Å². The van der Waals surface area contributed by atoms with Crippen LogP contribution in [0.1, 0.15) is 31.7 Å². The Balaban J connectivity index is 1.54. The Bertz CT molecular complexity index is 928. The molecule has 3 rings (SSSR count). The molecule has 6 nitrogen and oxygen atoms in total. The number of nitrogens with zero attached hydrogens (tertiary/aromatic N) is 2. The summed E-state index contributed by atoms with van der Waals surface area (Å²) in [7, 11) is -3.04. The van der Waals surface area contributed by atoms with E-state index in [2.05, 4.69) is 0 Å². The zero-order valence-corrected chi connectivity index (χ0v) is 18.7. The fraction of sp³-hybridized carbons (Fsp3) is 0.450. The third kappa shape index (κ3) is 5.46. The van der Waals surface area contributed by atoms with E-state index in [-0.39, 0.29) is 35.8 Å². The van der Waals surface area contributed by atoms with Crippen molar-refractivity contribution in [2.45, 2.75) is 32.2 Å². The van der Waals surface area contributed by atoms with Gasteiger partial charge in [0.15, 0.2) is 9.84 Å². The molecule has 2 heterocycles. The summed E-state index contributed by atoms with van der Waals surface area (Å²) in [5.74, 6) is -0.0116. The molecule has 9 heteroatoms. The molecule has 0 saturated carbocycles. The number of carbonyl (C=O) groups is 2. The number of carbonyl (C=O) groups excluding carboxylic acids is 2. The molecule has 0 radical (unpaired) electrons. The molecule has 1 unspecified atom stereocenters. The third-order valence-electron chi connectivity index (χ3n) is 5.05. The highest BCUT2D eigenvalue weighted by Gasteiger charge is 2.34. The molecule has 2 saturated heterocycles. The summed E-state index contributed by atoms with van der Waals surface area (Å²) < 4.78 is 23.9. The maximum Gasteiger partial charge on any atom is 0.266 e. The van der Waals surface area contributed by atoms with Gasteiger partial charge in [-0.2, -0.15) is 0 Å². The van der Waals surface area contributed by atoms with Gasteiger partial charge in [0.1, 0.15) is 4.32 Å². The first kappa shape index (κ1) is 22.0. The van der Waals surface area contributed by atoms with Gasteiger partial charge in [0, 0.05) is 25.6 Å². The van der Waals surface area contributed by atoms with Crippen molar-refractivity contribution in [2.24, 2.45) is 0 Å². The van der Waals surface area contributed by atoms with Gasteiger partial charge in [-0.15, -0.1) is 0 Å². The number of amides is 2. The van der Waals surface area contributed by atoms with Gasteiger partial charge in [0.25, 0.3) is 5.91 Å². The highest BCUT2D eigenvalue weighted by atomic mass is 32.2. The Hall–Kier alpha value is -1.71. The number of sulfone groups is 1. The fourth-order valence-electron chi connectivity index (χ4n) is 3.58. The minimum absolute atomic E-state index is 0.0472. The average Bonchev–Trinajstić information content (AvgIpc) is 3.16. The predicted octanol–water partition coefficient (Wildman–Crippen LogP) is 2.70. The van der Waals surface area contributed by atoms with Crippen molar-refractivity contribution in [3.05, 3.63) is 40.8 Å². The summed E-state index contributed by atoms with van der Waals surface area (Å²) in [5.41, 5.74) is 0.938. The van der Waals surface area contributed by atoms with Crippen molar-refractivity contribution in [3.63, 3.8) is 0 Å². The summed E-state index contributed by atoms with van der Waals surface area (Å²) >= 11 is 6.62. The van der Waals surface area contributed by atoms with Gasteiger partial charge in [-0.25, -0.2) is 8.42 Å². The SMILES string of the molecule is CCN(C(=O)CCCN1C(=O)/C(=C/c2ccccc2)SC1=S)C1CCS(=O)(=O)C1. The van der Waals surface area contributed by atoms with Crippen LogP contribution < -0.4 is 0 Å². The van der Waals surface area contributed by atoms with Crippen LogP contribution in [0.15, 0.2) is 35.2 Å². The number of rotatable bonds is 7. The van der Waals surface area contributed by atoms with Crippen LogP contribution in [0, 0.1) is 0 Å². The van der Waals surface area contributed by atoms with Crippen molar-refractivity contribution >= 4 is 56.0 Å². The first-order valence-electron chi connectivity index (χ1n) is 9.61. The van der Waals surface area contributed by atoms with E-state index in [1.54, 1.807) is 9.80 Å². The zero-order valence-electron chi connectivity index (χ0n) is 16.2. The lowest BCUT2D eigenvalue weighted by atomic mass is 10.2. The molecule has 2 aliphatic heterocycles. The van der Waals surface area contributed by atoms with Gasteiger partial charge in [-0.05, 0) is 31.4 Å². The Morgan fingerprint density at radius 1 is 1.34 bits per heavy atom. The second-order valence-corrected chi connectivity index (χ2v) is 11.0. The molecule has 2 fully saturated rings. The second-order valence-electron chi connectivity index (χ2n) is 7.08. The molecule has 0 N–H and O–H groups in total. The van der Waals surface area contributed by atoms with Crippen molar-refractivity contribution in [1.29, 1.82) is 0 Å². The topological polar surface area (TPSA) is 74.8 Å². The lowest BCUT2D eigenvalue weighted by molar-refractivity contribution is -0.133. The minimum Gasteiger partial charge on any atom is -0.339 e. The van der Waals surface area contributed by atoms with Crippen LogP contribution in [0.25, 0.3) is 6.08 Å². The van der Waals surface area contributed by atoms with Crippen LogP contribution in [0.5, 0.6) is 0 Å². The number of hydrogen-bond acceptors (Lipinski definition) is 6. The maximum absolute atomic E-state index is 12.7. The standard InChI is InChI=1S/C20H24N2O4S3/c1-2-21(16-10-12-29(25,26)14-16)18(23)9-6-11-22-19(24)17(28-20(22)27)13-15-7-4-3-5-8-15/h3-5,7-8,13,16H,2,6,9-12,14H2,1H3/b17-13-. The number of thioether (sulfide) groups is 1. The number of benzene rings is 1. The van der Waals surface area contributed by atoms with Crippen molar-refractivity contribution in [3.8, 4) is 0 Å². The van der Waals surface area contributed by atoms with Gasteiger partial charge in [-0.3, -0.25) is 14.5 Å². The lowest BCUT2D eigenvalue weighted by Crippen LogP contribution is -2.41. The summed E-state index contributed by atoms with van der Waals surface area (Å²) in [6.45, 7) is 2.72. The Labute approximate surface area is 181 Å². The monoisotopic (exact) mass is 452 g/mol. The summed E-state index contributed by atoms with van der Waals surface area (Å²) in [4.78, 5) is 29.0. The third-order valence-corrected chi connectivity index (χ3v) is 8.18. The van der Waals surface area contributed by atoms with Crippen LogP contribution in [0.3, 0.4) is 0 Å². The summed E-state index contributed by atoms with van der Waals surface area (Å²) in [5, 5.41) is 0. The zero-order chi connectivity index (χ0) is 21.0. The Morgan fingerprint density at radius 2 is 2.07 bits per heavy atom. The minimum atomic E-state index is -3.04. The van der Waals surface area contributed by atoms with E-state index in [0.29, 0.717) is 35.2 Å². The normalized spacial score (nSPS) is 22.4. The first-order chi connectivity index (χ1) is 13.8. The van der Waals surface area contributed by atoms with Crippen molar-refractivity contribution in [1.82, 2.24) is 9.80 Å². The quantitative estimate of drug-likeness (QED) is 0.468. The summed E-state index contributed by atoms with van der Waals surface area (Å²) in [6.07, 6.45) is 3.07. The smallest absolute Gasteiger partial charge is 0.266 e. The molecule has 0 aliphatic carbocycles. The largest absolute Gasteiger partial charge is 0.339 e. The Morgan fingerprint density at radius 3 is 2.69 bits per heavy atom. The molecular weight excluding hydrogens is 428 g/mol. The molecule has 156 valence electrons. The van der Waals surface area contributed by atoms with Crippen LogP contribution in [-0.4, -0.2) is 65.0 Å². The molecule has 1 aromatic rings. The van der Waals surface area contributed by atoms with E-state index >= 15 is 0 Å². The molecule has 0 aromatic heterocycles. The molecule has 0 spiro atoms. The highest BCUT2D eigenvalue weighted by molar-refractivity contribution is 8.26. The van der Waals surface area contributed by atoms with Crippen LogP contribution in [0.4, 0.5) is 0 Å².